The normalized spacial score (nSPS) is 14.2. The Morgan fingerprint density at radius 2 is 1.83 bits per heavy atom. The first-order valence-corrected chi connectivity index (χ1v) is 7.82. The van der Waals surface area contributed by atoms with E-state index in [2.05, 4.69) is 5.10 Å². The number of hydrogen-bond donors (Lipinski definition) is 1. The van der Waals surface area contributed by atoms with Crippen LogP contribution in [0.3, 0.4) is 0 Å². The molecule has 0 spiro atoms. The third kappa shape index (κ3) is 3.11. The van der Waals surface area contributed by atoms with Crippen LogP contribution in [0.4, 0.5) is 0 Å². The van der Waals surface area contributed by atoms with Crippen LogP contribution in [-0.4, -0.2) is 34.3 Å². The van der Waals surface area contributed by atoms with Gasteiger partial charge in [-0.1, -0.05) is 0 Å². The van der Waals surface area contributed by atoms with Gasteiger partial charge in [0.05, 0.1) is 29.3 Å². The molecular formula is C12H22N2O3S. The van der Waals surface area contributed by atoms with Crippen molar-refractivity contribution in [1.82, 2.24) is 9.78 Å². The van der Waals surface area contributed by atoms with Gasteiger partial charge >= 0.3 is 0 Å². The molecule has 1 aromatic heterocycles. The van der Waals surface area contributed by atoms with Gasteiger partial charge in [-0.25, -0.2) is 8.42 Å². The topological polar surface area (TPSA) is 72.2 Å². The summed E-state index contributed by atoms with van der Waals surface area (Å²) >= 11 is 0. The van der Waals surface area contributed by atoms with Crippen molar-refractivity contribution in [3.05, 3.63) is 17.0 Å². The molecule has 0 aromatic carbocycles. The number of hydrogen-bond acceptors (Lipinski definition) is 4. The van der Waals surface area contributed by atoms with Crippen LogP contribution in [0.15, 0.2) is 0 Å². The van der Waals surface area contributed by atoms with Gasteiger partial charge in [0.15, 0.2) is 9.84 Å². The highest BCUT2D eigenvalue weighted by molar-refractivity contribution is 7.91. The standard InChI is InChI=1S/C12H22N2O3S/c1-8(2)18(16,17)7-6-14-10(4)12(11(5)15)9(3)13-14/h8,11,15H,6-7H2,1-5H3. The number of rotatable bonds is 5. The quantitative estimate of drug-likeness (QED) is 0.880. The molecule has 0 saturated heterocycles. The van der Waals surface area contributed by atoms with E-state index in [1.54, 1.807) is 25.5 Å². The predicted octanol–water partition coefficient (Wildman–Crippen LogP) is 1.38. The molecule has 5 nitrogen and oxygen atoms in total. The minimum Gasteiger partial charge on any atom is -0.389 e. The van der Waals surface area contributed by atoms with Crippen LogP contribution in [0.2, 0.25) is 0 Å². The van der Waals surface area contributed by atoms with Gasteiger partial charge in [0.1, 0.15) is 0 Å². The maximum absolute atomic E-state index is 11.8. The van der Waals surface area contributed by atoms with E-state index >= 15 is 0 Å². The lowest BCUT2D eigenvalue weighted by atomic mass is 10.1. The van der Waals surface area contributed by atoms with E-state index in [-0.39, 0.29) is 11.0 Å². The second-order valence-corrected chi connectivity index (χ2v) is 7.58. The van der Waals surface area contributed by atoms with Gasteiger partial charge in [0, 0.05) is 11.3 Å². The van der Waals surface area contributed by atoms with Crippen LogP contribution in [-0.2, 0) is 16.4 Å². The summed E-state index contributed by atoms with van der Waals surface area (Å²) in [5, 5.41) is 13.6. The number of aliphatic hydroxyl groups excluding tert-OH is 1. The largest absolute Gasteiger partial charge is 0.389 e. The molecule has 0 radical (unpaired) electrons. The molecule has 0 fully saturated rings. The Bertz CT molecular complexity index is 516. The molecule has 1 unspecified atom stereocenters. The molecule has 1 aromatic rings. The van der Waals surface area contributed by atoms with Crippen LogP contribution in [0.5, 0.6) is 0 Å². The highest BCUT2D eigenvalue weighted by atomic mass is 32.2. The fourth-order valence-corrected chi connectivity index (χ4v) is 2.88. The molecule has 0 amide bonds. The van der Waals surface area contributed by atoms with Gasteiger partial charge in [-0.3, -0.25) is 4.68 Å². The Balaban J connectivity index is 2.91. The summed E-state index contributed by atoms with van der Waals surface area (Å²) in [5.74, 6) is 0.0753. The van der Waals surface area contributed by atoms with Crippen molar-refractivity contribution in [2.24, 2.45) is 0 Å². The maximum atomic E-state index is 11.8. The Kier molecular flexibility index (Phi) is 4.55. The Hall–Kier alpha value is -0.880. The van der Waals surface area contributed by atoms with Crippen molar-refractivity contribution in [1.29, 1.82) is 0 Å². The molecular weight excluding hydrogens is 252 g/mol. The summed E-state index contributed by atoms with van der Waals surface area (Å²) in [6.07, 6.45) is -0.583. The molecule has 18 heavy (non-hydrogen) atoms. The molecule has 1 rings (SSSR count). The molecule has 1 N–H and O–H groups in total. The van der Waals surface area contributed by atoms with Crippen LogP contribution in [0.25, 0.3) is 0 Å². The van der Waals surface area contributed by atoms with E-state index in [1.807, 2.05) is 13.8 Å². The molecule has 104 valence electrons. The molecule has 0 bridgehead atoms. The highest BCUT2D eigenvalue weighted by Gasteiger charge is 2.19. The van der Waals surface area contributed by atoms with Crippen LogP contribution in [0, 0.1) is 13.8 Å². The average molecular weight is 274 g/mol. The summed E-state index contributed by atoms with van der Waals surface area (Å²) in [4.78, 5) is 0. The zero-order valence-electron chi connectivity index (χ0n) is 11.6. The predicted molar refractivity (Wildman–Crippen MR) is 71.3 cm³/mol. The molecule has 0 aliphatic rings. The van der Waals surface area contributed by atoms with E-state index in [9.17, 15) is 13.5 Å². The van der Waals surface area contributed by atoms with Crippen molar-refractivity contribution < 1.29 is 13.5 Å². The fourth-order valence-electron chi connectivity index (χ4n) is 1.98. The lowest BCUT2D eigenvalue weighted by Gasteiger charge is -2.09. The Morgan fingerprint density at radius 3 is 2.22 bits per heavy atom. The molecule has 1 heterocycles. The maximum Gasteiger partial charge on any atom is 0.154 e. The van der Waals surface area contributed by atoms with E-state index in [4.69, 9.17) is 0 Å². The number of sulfone groups is 1. The first-order chi connectivity index (χ1) is 8.16. The monoisotopic (exact) mass is 274 g/mol. The number of aryl methyl sites for hydroxylation is 2. The Labute approximate surface area is 109 Å². The molecule has 6 heteroatoms. The summed E-state index contributed by atoms with van der Waals surface area (Å²) in [6, 6.07) is 0. The second-order valence-electron chi connectivity index (χ2n) is 4.90. The first kappa shape index (κ1) is 15.2. The lowest BCUT2D eigenvalue weighted by Crippen LogP contribution is -2.22. The molecule has 1 atom stereocenters. The number of nitrogens with zero attached hydrogens (tertiary/aromatic N) is 2. The average Bonchev–Trinajstić information content (AvgIpc) is 2.50. The zero-order valence-corrected chi connectivity index (χ0v) is 12.5. The number of aliphatic hydroxyl groups is 1. The zero-order chi connectivity index (χ0) is 14.1. The summed E-state index contributed by atoms with van der Waals surface area (Å²) in [6.45, 7) is 9.05. The number of aromatic nitrogens is 2. The van der Waals surface area contributed by atoms with Crippen molar-refractivity contribution in [2.75, 3.05) is 5.75 Å². The highest BCUT2D eigenvalue weighted by Crippen LogP contribution is 2.21. The van der Waals surface area contributed by atoms with Crippen LogP contribution >= 0.6 is 0 Å². The minimum absolute atomic E-state index is 0.0753. The molecule has 0 aliphatic carbocycles. The minimum atomic E-state index is -3.06. The van der Waals surface area contributed by atoms with E-state index < -0.39 is 15.9 Å². The molecule has 0 aliphatic heterocycles. The van der Waals surface area contributed by atoms with Crippen molar-refractivity contribution in [2.45, 2.75) is 52.5 Å². The van der Waals surface area contributed by atoms with Gasteiger partial charge < -0.3 is 5.11 Å². The lowest BCUT2D eigenvalue weighted by molar-refractivity contribution is 0.197. The van der Waals surface area contributed by atoms with E-state index in [0.717, 1.165) is 17.0 Å². The summed E-state index contributed by atoms with van der Waals surface area (Å²) in [7, 11) is -3.06. The second kappa shape index (κ2) is 5.40. The van der Waals surface area contributed by atoms with E-state index in [0.29, 0.717) is 6.54 Å². The molecule has 0 saturated carbocycles. The third-order valence-corrected chi connectivity index (χ3v) is 5.35. The van der Waals surface area contributed by atoms with Crippen molar-refractivity contribution >= 4 is 9.84 Å². The fraction of sp³-hybridized carbons (Fsp3) is 0.750. The Morgan fingerprint density at radius 1 is 1.28 bits per heavy atom. The SMILES string of the molecule is Cc1nn(CCS(=O)(=O)C(C)C)c(C)c1C(C)O. The van der Waals surface area contributed by atoms with Crippen LogP contribution in [0.1, 0.15) is 43.8 Å². The van der Waals surface area contributed by atoms with Crippen molar-refractivity contribution in [3.63, 3.8) is 0 Å². The van der Waals surface area contributed by atoms with Gasteiger partial charge in [0.2, 0.25) is 0 Å². The van der Waals surface area contributed by atoms with Gasteiger partial charge in [0.25, 0.3) is 0 Å². The van der Waals surface area contributed by atoms with Crippen LogP contribution < -0.4 is 0 Å². The van der Waals surface area contributed by atoms with Gasteiger partial charge in [-0.15, -0.1) is 0 Å². The first-order valence-electron chi connectivity index (χ1n) is 6.10. The summed E-state index contributed by atoms with van der Waals surface area (Å²) < 4.78 is 25.2. The summed E-state index contributed by atoms with van der Waals surface area (Å²) in [5.41, 5.74) is 2.38. The van der Waals surface area contributed by atoms with Gasteiger partial charge in [-0.05, 0) is 34.6 Å². The van der Waals surface area contributed by atoms with Crippen molar-refractivity contribution in [3.8, 4) is 0 Å². The van der Waals surface area contributed by atoms with E-state index in [1.165, 1.54) is 0 Å². The van der Waals surface area contributed by atoms with Gasteiger partial charge in [-0.2, -0.15) is 5.10 Å². The smallest absolute Gasteiger partial charge is 0.154 e. The third-order valence-electron chi connectivity index (χ3n) is 3.16.